The molecule has 2 heterocycles. The van der Waals surface area contributed by atoms with E-state index in [0.29, 0.717) is 0 Å². The van der Waals surface area contributed by atoms with E-state index in [1.807, 2.05) is 16.7 Å². The molecule has 64 valence electrons. The molecule has 2 aromatic heterocycles. The van der Waals surface area contributed by atoms with Gasteiger partial charge in [-0.05, 0) is 35.0 Å². The Morgan fingerprint density at radius 3 is 2.83 bits per heavy atom. The van der Waals surface area contributed by atoms with E-state index in [4.69, 9.17) is 0 Å². The number of halogens is 2. The van der Waals surface area contributed by atoms with Crippen LogP contribution in [-0.2, 0) is 0 Å². The molecule has 0 aliphatic carbocycles. The van der Waals surface area contributed by atoms with Gasteiger partial charge in [-0.25, -0.2) is 4.98 Å². The van der Waals surface area contributed by atoms with Crippen molar-refractivity contribution in [1.82, 2.24) is 9.38 Å². The summed E-state index contributed by atoms with van der Waals surface area (Å²) in [7, 11) is 0. The molecule has 4 heteroatoms. The number of nitrogens with zero attached hydrogens (tertiary/aromatic N) is 2. The Bertz CT molecular complexity index is 361. The van der Waals surface area contributed by atoms with Crippen molar-refractivity contribution < 1.29 is 0 Å². The van der Waals surface area contributed by atoms with Crippen molar-refractivity contribution >= 4 is 34.0 Å². The summed E-state index contributed by atoms with van der Waals surface area (Å²) >= 11 is 3.43. The highest BCUT2D eigenvalue weighted by Gasteiger charge is 1.99. The van der Waals surface area contributed by atoms with Crippen molar-refractivity contribution in [3.8, 4) is 0 Å². The van der Waals surface area contributed by atoms with Crippen molar-refractivity contribution in [3.63, 3.8) is 0 Å². The predicted molar refractivity (Wildman–Crippen MR) is 54.9 cm³/mol. The molecule has 0 spiro atoms. The minimum atomic E-state index is 0. The molecule has 0 bridgehead atoms. The van der Waals surface area contributed by atoms with Crippen LogP contribution in [-0.4, -0.2) is 9.38 Å². The van der Waals surface area contributed by atoms with Gasteiger partial charge in [-0.3, -0.25) is 0 Å². The molecule has 0 fully saturated rings. The summed E-state index contributed by atoms with van der Waals surface area (Å²) in [5.41, 5.74) is 2.17. The van der Waals surface area contributed by atoms with Crippen molar-refractivity contribution in [2.24, 2.45) is 0 Å². The highest BCUT2D eigenvalue weighted by Crippen LogP contribution is 2.17. The van der Waals surface area contributed by atoms with Crippen molar-refractivity contribution in [1.29, 1.82) is 0 Å². The first-order valence-electron chi connectivity index (χ1n) is 3.37. The summed E-state index contributed by atoms with van der Waals surface area (Å²) < 4.78 is 3.08. The van der Waals surface area contributed by atoms with Gasteiger partial charge < -0.3 is 4.40 Å². The quantitative estimate of drug-likeness (QED) is 0.700. The standard InChI is InChI=1S/C8H7BrN2.ClH/c1-6-2-3-7(9)8-10-4-5-11(6)8;/h2-5H,1H3;1H. The average Bonchev–Trinajstić information content (AvgIpc) is 2.45. The molecule has 0 atom stereocenters. The molecule has 2 nitrogen and oxygen atoms in total. The SMILES string of the molecule is Cc1ccc(Br)c2nccn12.Cl. The fourth-order valence-corrected chi connectivity index (χ4v) is 1.54. The van der Waals surface area contributed by atoms with Crippen LogP contribution in [0, 0.1) is 6.92 Å². The molecule has 0 aliphatic rings. The lowest BCUT2D eigenvalue weighted by Crippen LogP contribution is -1.88. The first-order chi connectivity index (χ1) is 5.29. The maximum absolute atomic E-state index is 4.20. The van der Waals surface area contributed by atoms with Crippen LogP contribution in [0.15, 0.2) is 29.0 Å². The third-order valence-corrected chi connectivity index (χ3v) is 2.32. The van der Waals surface area contributed by atoms with Crippen molar-refractivity contribution in [2.45, 2.75) is 6.92 Å². The number of aromatic nitrogens is 2. The Kier molecular flexibility index (Phi) is 2.75. The van der Waals surface area contributed by atoms with E-state index >= 15 is 0 Å². The van der Waals surface area contributed by atoms with Crippen LogP contribution in [0.4, 0.5) is 0 Å². The molecule has 2 aromatic rings. The smallest absolute Gasteiger partial charge is 0.151 e. The fourth-order valence-electron chi connectivity index (χ4n) is 1.11. The van der Waals surface area contributed by atoms with Crippen LogP contribution in [0.25, 0.3) is 5.65 Å². The second-order valence-corrected chi connectivity index (χ2v) is 3.30. The zero-order valence-electron chi connectivity index (χ0n) is 6.49. The minimum Gasteiger partial charge on any atom is -0.303 e. The van der Waals surface area contributed by atoms with E-state index < -0.39 is 0 Å². The van der Waals surface area contributed by atoms with Gasteiger partial charge in [0.1, 0.15) is 0 Å². The zero-order valence-corrected chi connectivity index (χ0v) is 8.89. The Balaban J connectivity index is 0.000000720. The largest absolute Gasteiger partial charge is 0.303 e. The number of pyridine rings is 1. The first-order valence-corrected chi connectivity index (χ1v) is 4.16. The molecule has 0 aromatic carbocycles. The van der Waals surface area contributed by atoms with Crippen LogP contribution >= 0.6 is 28.3 Å². The second-order valence-electron chi connectivity index (χ2n) is 2.44. The summed E-state index contributed by atoms with van der Waals surface area (Å²) in [6.45, 7) is 2.06. The van der Waals surface area contributed by atoms with E-state index in [9.17, 15) is 0 Å². The maximum Gasteiger partial charge on any atom is 0.151 e. The van der Waals surface area contributed by atoms with Gasteiger partial charge in [0.25, 0.3) is 0 Å². The molecule has 0 saturated heterocycles. The van der Waals surface area contributed by atoms with Gasteiger partial charge in [0.05, 0.1) is 4.47 Å². The van der Waals surface area contributed by atoms with E-state index in [1.54, 1.807) is 6.20 Å². The highest BCUT2D eigenvalue weighted by molar-refractivity contribution is 9.10. The highest BCUT2D eigenvalue weighted by atomic mass is 79.9. The Hall–Kier alpha value is -0.540. The minimum absolute atomic E-state index is 0. The number of fused-ring (bicyclic) bond motifs is 1. The Morgan fingerprint density at radius 2 is 2.17 bits per heavy atom. The number of hydrogen-bond acceptors (Lipinski definition) is 1. The van der Waals surface area contributed by atoms with Crippen LogP contribution in [0.1, 0.15) is 5.69 Å². The third kappa shape index (κ3) is 1.34. The molecule has 0 unspecified atom stereocenters. The fraction of sp³-hybridized carbons (Fsp3) is 0.125. The van der Waals surface area contributed by atoms with E-state index in [-0.39, 0.29) is 12.4 Å². The average molecular weight is 248 g/mol. The normalized spacial score (nSPS) is 9.83. The zero-order chi connectivity index (χ0) is 7.84. The summed E-state index contributed by atoms with van der Waals surface area (Å²) in [5, 5.41) is 0. The van der Waals surface area contributed by atoms with Gasteiger partial charge in [0.2, 0.25) is 0 Å². The number of imidazole rings is 1. The lowest BCUT2D eigenvalue weighted by atomic mass is 10.4. The van der Waals surface area contributed by atoms with Gasteiger partial charge in [0.15, 0.2) is 5.65 Å². The molecule has 2 rings (SSSR count). The summed E-state index contributed by atoms with van der Waals surface area (Å²) in [4.78, 5) is 4.20. The van der Waals surface area contributed by atoms with Crippen molar-refractivity contribution in [3.05, 3.63) is 34.7 Å². The number of aryl methyl sites for hydroxylation is 1. The van der Waals surface area contributed by atoms with E-state index in [2.05, 4.69) is 33.9 Å². The topological polar surface area (TPSA) is 17.3 Å². The van der Waals surface area contributed by atoms with Crippen LogP contribution in [0.5, 0.6) is 0 Å². The molecule has 0 N–H and O–H groups in total. The molecule has 0 saturated carbocycles. The first kappa shape index (κ1) is 9.55. The van der Waals surface area contributed by atoms with Gasteiger partial charge in [-0.15, -0.1) is 12.4 Å². The summed E-state index contributed by atoms with van der Waals surface area (Å²) in [6, 6.07) is 4.07. The van der Waals surface area contributed by atoms with Gasteiger partial charge in [-0.2, -0.15) is 0 Å². The molecular weight excluding hydrogens is 239 g/mol. The molecule has 12 heavy (non-hydrogen) atoms. The van der Waals surface area contributed by atoms with Crippen LogP contribution < -0.4 is 0 Å². The Morgan fingerprint density at radius 1 is 1.42 bits per heavy atom. The summed E-state index contributed by atoms with van der Waals surface area (Å²) in [5.74, 6) is 0. The van der Waals surface area contributed by atoms with Crippen molar-refractivity contribution in [2.75, 3.05) is 0 Å². The maximum atomic E-state index is 4.20. The van der Waals surface area contributed by atoms with Crippen LogP contribution in [0.3, 0.4) is 0 Å². The molecule has 0 radical (unpaired) electrons. The van der Waals surface area contributed by atoms with Crippen LogP contribution in [0.2, 0.25) is 0 Å². The molecular formula is C8H8BrClN2. The molecule has 0 amide bonds. The third-order valence-electron chi connectivity index (χ3n) is 1.71. The molecule has 0 aliphatic heterocycles. The monoisotopic (exact) mass is 246 g/mol. The predicted octanol–water partition coefficient (Wildman–Crippen LogP) is 2.83. The van der Waals surface area contributed by atoms with Gasteiger partial charge in [0, 0.05) is 18.1 Å². The number of hydrogen-bond donors (Lipinski definition) is 0. The van der Waals surface area contributed by atoms with Gasteiger partial charge >= 0.3 is 0 Å². The van der Waals surface area contributed by atoms with E-state index in [0.717, 1.165) is 10.1 Å². The van der Waals surface area contributed by atoms with Gasteiger partial charge in [-0.1, -0.05) is 0 Å². The Labute approximate surface area is 85.2 Å². The lowest BCUT2D eigenvalue weighted by Gasteiger charge is -1.99. The van der Waals surface area contributed by atoms with E-state index in [1.165, 1.54) is 5.69 Å². The second kappa shape index (κ2) is 3.46. The number of rotatable bonds is 0. The lowest BCUT2D eigenvalue weighted by molar-refractivity contribution is 1.09. The summed E-state index contributed by atoms with van der Waals surface area (Å²) in [6.07, 6.45) is 3.75.